The van der Waals surface area contributed by atoms with Gasteiger partial charge in [-0.15, -0.1) is 35.3 Å². The number of aliphatic imine (C=N–C) groups is 1. The number of rotatable bonds is 5. The van der Waals surface area contributed by atoms with Crippen LogP contribution in [0.2, 0.25) is 0 Å². The van der Waals surface area contributed by atoms with E-state index in [0.717, 1.165) is 45.0 Å². The van der Waals surface area contributed by atoms with E-state index in [0.29, 0.717) is 0 Å². The van der Waals surface area contributed by atoms with Gasteiger partial charge in [-0.1, -0.05) is 0 Å². The van der Waals surface area contributed by atoms with Gasteiger partial charge in [0.2, 0.25) is 0 Å². The van der Waals surface area contributed by atoms with Crippen molar-refractivity contribution in [1.82, 2.24) is 15.2 Å². The molecule has 1 aliphatic heterocycles. The third kappa shape index (κ3) is 5.31. The Labute approximate surface area is 161 Å². The molecule has 6 heteroatoms. The molecule has 1 aromatic heterocycles. The van der Waals surface area contributed by atoms with Gasteiger partial charge in [0.05, 0.1) is 10.7 Å². The standard InChI is InChI=1S/C17H28N4S.HI/c1-2-18-17(21-12-5-6-13-21)19-11-7-10-16-20-14-8-3-4-9-15(14)22-16;/h2-13H2,1H3,(H,18,19);1H. The number of aryl methyl sites for hydroxylation is 3. The molecular formula is C17H29IN4S. The number of guanidine groups is 1. The molecule has 1 fully saturated rings. The number of likely N-dealkylation sites (tertiary alicyclic amines) is 1. The number of halogens is 1. The zero-order chi connectivity index (χ0) is 15.2. The van der Waals surface area contributed by atoms with Crippen molar-refractivity contribution in [2.24, 2.45) is 4.99 Å². The summed E-state index contributed by atoms with van der Waals surface area (Å²) in [5, 5.41) is 4.75. The summed E-state index contributed by atoms with van der Waals surface area (Å²) in [7, 11) is 0. The van der Waals surface area contributed by atoms with Gasteiger partial charge in [-0.3, -0.25) is 4.99 Å². The van der Waals surface area contributed by atoms with Crippen molar-refractivity contribution in [3.05, 3.63) is 15.6 Å². The highest BCUT2D eigenvalue weighted by Crippen LogP contribution is 2.27. The van der Waals surface area contributed by atoms with Crippen molar-refractivity contribution in [2.75, 3.05) is 26.2 Å². The van der Waals surface area contributed by atoms with Crippen LogP contribution in [0.4, 0.5) is 0 Å². The Morgan fingerprint density at radius 1 is 1.22 bits per heavy atom. The van der Waals surface area contributed by atoms with Crippen molar-refractivity contribution in [2.45, 2.75) is 58.3 Å². The van der Waals surface area contributed by atoms with Gasteiger partial charge in [-0.05, 0) is 51.9 Å². The summed E-state index contributed by atoms with van der Waals surface area (Å²) in [6.45, 7) is 6.32. The predicted molar refractivity (Wildman–Crippen MR) is 109 cm³/mol. The van der Waals surface area contributed by atoms with Gasteiger partial charge in [0.1, 0.15) is 0 Å². The Bertz CT molecular complexity index is 485. The quantitative estimate of drug-likeness (QED) is 0.324. The second-order valence-electron chi connectivity index (χ2n) is 6.22. The Morgan fingerprint density at radius 2 is 2.00 bits per heavy atom. The second kappa shape index (κ2) is 9.81. The molecule has 1 saturated heterocycles. The Kier molecular flexibility index (Phi) is 8.09. The van der Waals surface area contributed by atoms with Gasteiger partial charge < -0.3 is 10.2 Å². The highest BCUT2D eigenvalue weighted by atomic mass is 127. The normalized spacial score (nSPS) is 17.8. The third-order valence-electron chi connectivity index (χ3n) is 4.44. The lowest BCUT2D eigenvalue weighted by Crippen LogP contribution is -2.39. The first kappa shape index (κ1) is 19.0. The third-order valence-corrected chi connectivity index (χ3v) is 5.66. The first-order chi connectivity index (χ1) is 10.9. The Balaban J connectivity index is 0.00000192. The lowest BCUT2D eigenvalue weighted by Gasteiger charge is -2.20. The molecule has 4 nitrogen and oxygen atoms in total. The highest BCUT2D eigenvalue weighted by molar-refractivity contribution is 14.0. The van der Waals surface area contributed by atoms with E-state index in [1.807, 2.05) is 11.3 Å². The van der Waals surface area contributed by atoms with Crippen LogP contribution in [0.1, 0.15) is 54.6 Å². The van der Waals surface area contributed by atoms with Crippen molar-refractivity contribution in [3.8, 4) is 0 Å². The van der Waals surface area contributed by atoms with Crippen LogP contribution in [0.15, 0.2) is 4.99 Å². The summed E-state index contributed by atoms with van der Waals surface area (Å²) in [6, 6.07) is 0. The van der Waals surface area contributed by atoms with E-state index in [1.54, 1.807) is 4.88 Å². The van der Waals surface area contributed by atoms with E-state index in [-0.39, 0.29) is 24.0 Å². The summed E-state index contributed by atoms with van der Waals surface area (Å²) >= 11 is 1.94. The number of aromatic nitrogens is 1. The predicted octanol–water partition coefficient (Wildman–Crippen LogP) is 3.63. The van der Waals surface area contributed by atoms with Crippen LogP contribution in [-0.2, 0) is 19.3 Å². The largest absolute Gasteiger partial charge is 0.357 e. The molecular weight excluding hydrogens is 419 g/mol. The topological polar surface area (TPSA) is 40.5 Å². The molecule has 23 heavy (non-hydrogen) atoms. The van der Waals surface area contributed by atoms with Gasteiger partial charge in [0.25, 0.3) is 0 Å². The minimum atomic E-state index is 0. The molecule has 1 aliphatic carbocycles. The van der Waals surface area contributed by atoms with E-state index in [1.165, 1.54) is 49.2 Å². The zero-order valence-electron chi connectivity index (χ0n) is 14.1. The van der Waals surface area contributed by atoms with Gasteiger partial charge >= 0.3 is 0 Å². The van der Waals surface area contributed by atoms with Crippen LogP contribution in [0.3, 0.4) is 0 Å². The van der Waals surface area contributed by atoms with Crippen LogP contribution in [0.25, 0.3) is 0 Å². The van der Waals surface area contributed by atoms with Gasteiger partial charge in [0.15, 0.2) is 5.96 Å². The molecule has 1 aromatic rings. The number of hydrogen-bond donors (Lipinski definition) is 1. The van der Waals surface area contributed by atoms with E-state index in [4.69, 9.17) is 9.98 Å². The van der Waals surface area contributed by atoms with Crippen LogP contribution >= 0.6 is 35.3 Å². The van der Waals surface area contributed by atoms with E-state index in [9.17, 15) is 0 Å². The fourth-order valence-corrected chi connectivity index (χ4v) is 4.48. The molecule has 0 spiro atoms. The summed E-state index contributed by atoms with van der Waals surface area (Å²) in [4.78, 5) is 13.6. The Hall–Kier alpha value is -0.370. The number of thiazole rings is 1. The maximum Gasteiger partial charge on any atom is 0.193 e. The lowest BCUT2D eigenvalue weighted by molar-refractivity contribution is 0.493. The first-order valence-electron chi connectivity index (χ1n) is 8.87. The van der Waals surface area contributed by atoms with Gasteiger partial charge in [-0.25, -0.2) is 4.98 Å². The molecule has 2 aliphatic rings. The molecule has 0 atom stereocenters. The highest BCUT2D eigenvalue weighted by Gasteiger charge is 2.16. The molecule has 0 amide bonds. The lowest BCUT2D eigenvalue weighted by atomic mass is 10.0. The fourth-order valence-electron chi connectivity index (χ4n) is 3.28. The number of nitrogens with one attached hydrogen (secondary N) is 1. The van der Waals surface area contributed by atoms with Crippen LogP contribution in [0.5, 0.6) is 0 Å². The fraction of sp³-hybridized carbons (Fsp3) is 0.765. The summed E-state index contributed by atoms with van der Waals surface area (Å²) < 4.78 is 0. The summed E-state index contributed by atoms with van der Waals surface area (Å²) in [5.74, 6) is 1.11. The molecule has 0 aromatic carbocycles. The van der Waals surface area contributed by atoms with E-state index in [2.05, 4.69) is 17.1 Å². The molecule has 3 rings (SSSR count). The van der Waals surface area contributed by atoms with E-state index < -0.39 is 0 Å². The minimum absolute atomic E-state index is 0. The number of hydrogen-bond acceptors (Lipinski definition) is 3. The molecule has 0 saturated carbocycles. The van der Waals surface area contributed by atoms with Gasteiger partial charge in [0, 0.05) is 37.5 Å². The molecule has 0 radical (unpaired) electrons. The zero-order valence-corrected chi connectivity index (χ0v) is 17.3. The minimum Gasteiger partial charge on any atom is -0.357 e. The summed E-state index contributed by atoms with van der Waals surface area (Å²) in [6.07, 6.45) is 9.91. The molecule has 0 unspecified atom stereocenters. The van der Waals surface area contributed by atoms with E-state index >= 15 is 0 Å². The monoisotopic (exact) mass is 448 g/mol. The average molecular weight is 448 g/mol. The Morgan fingerprint density at radius 3 is 2.74 bits per heavy atom. The van der Waals surface area contributed by atoms with Crippen molar-refractivity contribution in [3.63, 3.8) is 0 Å². The average Bonchev–Trinajstić information content (AvgIpc) is 3.19. The van der Waals surface area contributed by atoms with Crippen molar-refractivity contribution < 1.29 is 0 Å². The number of fused-ring (bicyclic) bond motifs is 1. The van der Waals surface area contributed by atoms with Crippen molar-refractivity contribution >= 4 is 41.3 Å². The number of nitrogens with zero attached hydrogens (tertiary/aromatic N) is 3. The van der Waals surface area contributed by atoms with Crippen LogP contribution in [-0.4, -0.2) is 42.0 Å². The first-order valence-corrected chi connectivity index (χ1v) is 9.69. The van der Waals surface area contributed by atoms with Crippen LogP contribution in [0, 0.1) is 0 Å². The SMILES string of the molecule is CCNC(=NCCCc1nc2c(s1)CCCC2)N1CCCC1.I. The summed E-state index contributed by atoms with van der Waals surface area (Å²) in [5.41, 5.74) is 1.39. The molecule has 2 heterocycles. The smallest absolute Gasteiger partial charge is 0.193 e. The van der Waals surface area contributed by atoms with Crippen LogP contribution < -0.4 is 5.32 Å². The molecule has 130 valence electrons. The van der Waals surface area contributed by atoms with Crippen molar-refractivity contribution in [1.29, 1.82) is 0 Å². The molecule has 0 bridgehead atoms. The molecule has 1 N–H and O–H groups in total. The maximum atomic E-state index is 4.83. The second-order valence-corrected chi connectivity index (χ2v) is 7.39. The van der Waals surface area contributed by atoms with Gasteiger partial charge in [-0.2, -0.15) is 0 Å². The maximum absolute atomic E-state index is 4.83.